The molecule has 0 atom stereocenters. The molecule has 0 bridgehead atoms. The van der Waals surface area contributed by atoms with Crippen LogP contribution in [0.2, 0.25) is 0 Å². The first kappa shape index (κ1) is 18.7. The zero-order valence-corrected chi connectivity index (χ0v) is 14.2. The Morgan fingerprint density at radius 3 is 2.32 bits per heavy atom. The Bertz CT molecular complexity index is 811. The number of benzene rings is 2. The standard InChI is InChI=1S/C17H14F3N3OS/c1-11-9-14(7-8-15(11)23-16(25-2)22-10-21)24-13-5-3-12(4-6-13)17(18,19)20/h3-9H,1-2H3,(H,22,23). The van der Waals surface area contributed by atoms with Gasteiger partial charge in [-0.15, -0.1) is 0 Å². The molecule has 0 spiro atoms. The Morgan fingerprint density at radius 2 is 1.80 bits per heavy atom. The minimum atomic E-state index is -4.37. The molecule has 0 fully saturated rings. The average Bonchev–Trinajstić information content (AvgIpc) is 2.56. The molecule has 0 aliphatic carbocycles. The second-order valence-electron chi connectivity index (χ2n) is 4.93. The van der Waals surface area contributed by atoms with E-state index in [-0.39, 0.29) is 0 Å². The highest BCUT2D eigenvalue weighted by Gasteiger charge is 2.30. The van der Waals surface area contributed by atoms with Crippen LogP contribution in [0.4, 0.5) is 18.9 Å². The molecule has 0 saturated heterocycles. The largest absolute Gasteiger partial charge is 0.457 e. The summed E-state index contributed by atoms with van der Waals surface area (Å²) in [5.74, 6) is 0.787. The highest BCUT2D eigenvalue weighted by Crippen LogP contribution is 2.32. The molecule has 0 aliphatic rings. The third-order valence-corrected chi connectivity index (χ3v) is 3.74. The van der Waals surface area contributed by atoms with Crippen molar-refractivity contribution in [3.8, 4) is 17.7 Å². The number of hydrogen-bond donors (Lipinski definition) is 1. The maximum atomic E-state index is 12.6. The van der Waals surface area contributed by atoms with Crippen LogP contribution >= 0.6 is 11.8 Å². The molecule has 0 heterocycles. The number of nitrogens with one attached hydrogen (secondary N) is 1. The summed E-state index contributed by atoms with van der Waals surface area (Å²) in [6.07, 6.45) is -0.770. The molecule has 2 rings (SSSR count). The summed E-state index contributed by atoms with van der Waals surface area (Å²) in [5, 5.41) is 11.6. The van der Waals surface area contributed by atoms with Crippen molar-refractivity contribution in [1.82, 2.24) is 5.32 Å². The van der Waals surface area contributed by atoms with E-state index in [0.29, 0.717) is 22.4 Å². The van der Waals surface area contributed by atoms with E-state index in [9.17, 15) is 13.2 Å². The molecular formula is C17H14F3N3OS. The van der Waals surface area contributed by atoms with Crippen molar-refractivity contribution >= 4 is 22.6 Å². The van der Waals surface area contributed by atoms with Gasteiger partial charge in [-0.05, 0) is 61.2 Å². The number of nitriles is 1. The number of aryl methyl sites for hydroxylation is 1. The van der Waals surface area contributed by atoms with E-state index in [1.807, 2.05) is 13.1 Å². The van der Waals surface area contributed by atoms with Gasteiger partial charge in [0.05, 0.1) is 11.3 Å². The quantitative estimate of drug-likeness (QED) is 0.350. The minimum absolute atomic E-state index is 0.305. The summed E-state index contributed by atoms with van der Waals surface area (Å²) in [6.45, 7) is 1.82. The number of halogens is 3. The molecular weight excluding hydrogens is 351 g/mol. The summed E-state index contributed by atoms with van der Waals surface area (Å²) in [5.41, 5.74) is 0.734. The molecule has 25 heavy (non-hydrogen) atoms. The van der Waals surface area contributed by atoms with Gasteiger partial charge in [-0.3, -0.25) is 5.32 Å². The maximum Gasteiger partial charge on any atom is 0.416 e. The van der Waals surface area contributed by atoms with E-state index in [4.69, 9.17) is 10.00 Å². The maximum absolute atomic E-state index is 12.6. The molecule has 4 nitrogen and oxygen atoms in total. The van der Waals surface area contributed by atoms with Gasteiger partial charge in [0.1, 0.15) is 11.5 Å². The predicted molar refractivity (Wildman–Crippen MR) is 92.1 cm³/mol. The highest BCUT2D eigenvalue weighted by molar-refractivity contribution is 8.13. The van der Waals surface area contributed by atoms with Gasteiger partial charge in [0.2, 0.25) is 0 Å². The second kappa shape index (κ2) is 7.94. The van der Waals surface area contributed by atoms with Gasteiger partial charge in [0.25, 0.3) is 0 Å². The highest BCUT2D eigenvalue weighted by atomic mass is 32.2. The molecule has 0 amide bonds. The lowest BCUT2D eigenvalue weighted by Gasteiger charge is -2.10. The Hall–Kier alpha value is -2.66. The molecule has 130 valence electrons. The van der Waals surface area contributed by atoms with Gasteiger partial charge < -0.3 is 4.74 Å². The van der Waals surface area contributed by atoms with Crippen molar-refractivity contribution in [3.05, 3.63) is 53.6 Å². The number of amidine groups is 1. The topological polar surface area (TPSA) is 57.4 Å². The van der Waals surface area contributed by atoms with Crippen LogP contribution in [-0.4, -0.2) is 11.4 Å². The number of ether oxygens (including phenoxy) is 1. The van der Waals surface area contributed by atoms with E-state index < -0.39 is 11.7 Å². The van der Waals surface area contributed by atoms with Gasteiger partial charge in [-0.25, -0.2) is 4.99 Å². The van der Waals surface area contributed by atoms with Crippen LogP contribution in [0.3, 0.4) is 0 Å². The fraction of sp³-hybridized carbons (Fsp3) is 0.176. The summed E-state index contributed by atoms with van der Waals surface area (Å²) in [6, 6.07) is 9.58. The normalized spacial score (nSPS) is 11.8. The SMILES string of the molecule is CSC(=Nc1ccc(Oc2ccc(C(F)(F)F)cc2)cc1C)NC#N. The zero-order chi connectivity index (χ0) is 18.4. The average molecular weight is 365 g/mol. The van der Waals surface area contributed by atoms with E-state index in [2.05, 4.69) is 10.3 Å². The van der Waals surface area contributed by atoms with E-state index in [1.54, 1.807) is 24.5 Å². The van der Waals surface area contributed by atoms with Crippen LogP contribution in [-0.2, 0) is 6.18 Å². The smallest absolute Gasteiger partial charge is 0.416 e. The van der Waals surface area contributed by atoms with Crippen molar-refractivity contribution in [3.63, 3.8) is 0 Å². The molecule has 0 radical (unpaired) electrons. The van der Waals surface area contributed by atoms with Gasteiger partial charge in [0, 0.05) is 0 Å². The minimum Gasteiger partial charge on any atom is -0.457 e. The fourth-order valence-electron chi connectivity index (χ4n) is 1.95. The first-order chi connectivity index (χ1) is 11.8. The molecule has 2 aromatic carbocycles. The third-order valence-electron chi connectivity index (χ3n) is 3.16. The van der Waals surface area contributed by atoms with Crippen LogP contribution in [0, 0.1) is 18.4 Å². The third kappa shape index (κ3) is 5.16. The Labute approximate surface area is 147 Å². The molecule has 0 aliphatic heterocycles. The lowest BCUT2D eigenvalue weighted by atomic mass is 10.2. The molecule has 0 aromatic heterocycles. The number of alkyl halides is 3. The van der Waals surface area contributed by atoms with Crippen LogP contribution in [0.5, 0.6) is 11.5 Å². The molecule has 0 saturated carbocycles. The predicted octanol–water partition coefficient (Wildman–Crippen LogP) is 5.23. The number of hydrogen-bond acceptors (Lipinski definition) is 4. The summed E-state index contributed by atoms with van der Waals surface area (Å²) >= 11 is 1.30. The monoisotopic (exact) mass is 365 g/mol. The molecule has 1 N–H and O–H groups in total. The molecule has 2 aromatic rings. The molecule has 0 unspecified atom stereocenters. The second-order valence-corrected chi connectivity index (χ2v) is 5.73. The van der Waals surface area contributed by atoms with E-state index in [1.165, 1.54) is 23.9 Å². The fourth-order valence-corrected chi connectivity index (χ4v) is 2.28. The van der Waals surface area contributed by atoms with Gasteiger partial charge >= 0.3 is 6.18 Å². The number of thioether (sulfide) groups is 1. The summed E-state index contributed by atoms with van der Waals surface area (Å²) in [4.78, 5) is 4.32. The zero-order valence-electron chi connectivity index (χ0n) is 13.4. The first-order valence-corrected chi connectivity index (χ1v) is 8.29. The van der Waals surface area contributed by atoms with Crippen LogP contribution in [0.25, 0.3) is 0 Å². The van der Waals surface area contributed by atoms with Crippen molar-refractivity contribution in [2.45, 2.75) is 13.1 Å². The summed E-state index contributed by atoms with van der Waals surface area (Å²) < 4.78 is 43.2. The molecule has 8 heteroatoms. The Kier molecular flexibility index (Phi) is 5.93. The Balaban J connectivity index is 2.17. The van der Waals surface area contributed by atoms with E-state index in [0.717, 1.165) is 17.7 Å². The Morgan fingerprint density at radius 1 is 1.16 bits per heavy atom. The van der Waals surface area contributed by atoms with Crippen molar-refractivity contribution in [2.75, 3.05) is 6.26 Å². The number of nitrogens with zero attached hydrogens (tertiary/aromatic N) is 2. The van der Waals surface area contributed by atoms with Crippen molar-refractivity contribution in [2.24, 2.45) is 4.99 Å². The van der Waals surface area contributed by atoms with Gasteiger partial charge in [-0.2, -0.15) is 18.4 Å². The van der Waals surface area contributed by atoms with E-state index >= 15 is 0 Å². The van der Waals surface area contributed by atoms with Crippen molar-refractivity contribution in [1.29, 1.82) is 5.26 Å². The van der Waals surface area contributed by atoms with Crippen LogP contribution < -0.4 is 10.1 Å². The van der Waals surface area contributed by atoms with Gasteiger partial charge in [-0.1, -0.05) is 11.8 Å². The lowest BCUT2D eigenvalue weighted by molar-refractivity contribution is -0.137. The van der Waals surface area contributed by atoms with Crippen LogP contribution in [0.15, 0.2) is 47.5 Å². The number of rotatable bonds is 3. The lowest BCUT2D eigenvalue weighted by Crippen LogP contribution is -2.12. The first-order valence-electron chi connectivity index (χ1n) is 7.07. The summed E-state index contributed by atoms with van der Waals surface area (Å²) in [7, 11) is 0. The van der Waals surface area contributed by atoms with Crippen molar-refractivity contribution < 1.29 is 17.9 Å². The number of aliphatic imine (C=N–C) groups is 1. The van der Waals surface area contributed by atoms with Crippen LogP contribution in [0.1, 0.15) is 11.1 Å². The van der Waals surface area contributed by atoms with Gasteiger partial charge in [0.15, 0.2) is 11.4 Å².